The van der Waals surface area contributed by atoms with Crippen molar-refractivity contribution in [3.05, 3.63) is 84.2 Å². The standard InChI is InChI=1S/C26H25FN4O2S/c27-19-10-11-22-24(18-19)34-26(29-22)31-16-14-30(15-17-31)13-12-28-25(32)21-8-4-5-9-23(21)33-20-6-2-1-3-7-20/h1-11,18H,12-17H2,(H,28,32). The number of hydrogen-bond acceptors (Lipinski definition) is 6. The first-order valence-corrected chi connectivity index (χ1v) is 12.1. The van der Waals surface area contributed by atoms with E-state index in [4.69, 9.17) is 4.74 Å². The third-order valence-electron chi connectivity index (χ3n) is 5.80. The van der Waals surface area contributed by atoms with Gasteiger partial charge in [0.05, 0.1) is 15.8 Å². The molecule has 0 radical (unpaired) electrons. The third kappa shape index (κ3) is 5.18. The number of anilines is 1. The number of rotatable bonds is 7. The van der Waals surface area contributed by atoms with Crippen LogP contribution in [0.25, 0.3) is 10.2 Å². The molecule has 0 spiro atoms. The highest BCUT2D eigenvalue weighted by atomic mass is 32.1. The van der Waals surface area contributed by atoms with Crippen LogP contribution < -0.4 is 15.0 Å². The lowest BCUT2D eigenvalue weighted by Gasteiger charge is -2.34. The molecule has 0 aliphatic carbocycles. The van der Waals surface area contributed by atoms with E-state index in [1.54, 1.807) is 24.3 Å². The monoisotopic (exact) mass is 476 g/mol. The van der Waals surface area contributed by atoms with Crippen molar-refractivity contribution >= 4 is 32.6 Å². The largest absolute Gasteiger partial charge is 0.457 e. The molecule has 1 aliphatic heterocycles. The molecule has 3 aromatic carbocycles. The van der Waals surface area contributed by atoms with Gasteiger partial charge in [0.1, 0.15) is 17.3 Å². The summed E-state index contributed by atoms with van der Waals surface area (Å²) in [6.07, 6.45) is 0. The Morgan fingerprint density at radius 3 is 2.59 bits per heavy atom. The van der Waals surface area contributed by atoms with Crippen LogP contribution in [0.15, 0.2) is 72.8 Å². The maximum absolute atomic E-state index is 13.5. The Balaban J connectivity index is 1.11. The summed E-state index contributed by atoms with van der Waals surface area (Å²) in [5.74, 6) is 0.852. The number of amides is 1. The number of thiazole rings is 1. The molecule has 1 N–H and O–H groups in total. The number of carbonyl (C=O) groups excluding carboxylic acids is 1. The number of aromatic nitrogens is 1. The summed E-state index contributed by atoms with van der Waals surface area (Å²) >= 11 is 1.53. The van der Waals surface area contributed by atoms with E-state index >= 15 is 0 Å². The van der Waals surface area contributed by atoms with Gasteiger partial charge in [-0.05, 0) is 42.5 Å². The van der Waals surface area contributed by atoms with E-state index in [0.717, 1.165) is 48.1 Å². The van der Waals surface area contributed by atoms with Crippen molar-refractivity contribution in [2.24, 2.45) is 0 Å². The SMILES string of the molecule is O=C(NCCN1CCN(c2nc3ccc(F)cc3s2)CC1)c1ccccc1Oc1ccccc1. The topological polar surface area (TPSA) is 57.7 Å². The number of piperazine rings is 1. The first-order chi connectivity index (χ1) is 16.7. The van der Waals surface area contributed by atoms with Crippen LogP contribution >= 0.6 is 11.3 Å². The van der Waals surface area contributed by atoms with Crippen LogP contribution in [-0.2, 0) is 0 Å². The van der Waals surface area contributed by atoms with Crippen molar-refractivity contribution < 1.29 is 13.9 Å². The van der Waals surface area contributed by atoms with Gasteiger partial charge in [0.25, 0.3) is 5.91 Å². The molecule has 1 fully saturated rings. The lowest BCUT2D eigenvalue weighted by atomic mass is 10.2. The third-order valence-corrected chi connectivity index (χ3v) is 6.88. The average molecular weight is 477 g/mol. The summed E-state index contributed by atoms with van der Waals surface area (Å²) in [6, 6.07) is 21.4. The van der Waals surface area contributed by atoms with Crippen LogP contribution in [0.4, 0.5) is 9.52 Å². The van der Waals surface area contributed by atoms with E-state index in [1.165, 1.54) is 17.4 Å². The number of hydrogen-bond donors (Lipinski definition) is 1. The van der Waals surface area contributed by atoms with Crippen LogP contribution in [0, 0.1) is 5.82 Å². The highest BCUT2D eigenvalue weighted by molar-refractivity contribution is 7.22. The fourth-order valence-corrected chi connectivity index (χ4v) is 5.01. The van der Waals surface area contributed by atoms with Gasteiger partial charge in [-0.1, -0.05) is 41.7 Å². The minimum Gasteiger partial charge on any atom is -0.457 e. The molecule has 0 atom stereocenters. The second-order valence-electron chi connectivity index (χ2n) is 8.10. The molecular weight excluding hydrogens is 451 g/mol. The first kappa shape index (κ1) is 22.3. The summed E-state index contributed by atoms with van der Waals surface area (Å²) in [5.41, 5.74) is 1.35. The lowest BCUT2D eigenvalue weighted by molar-refractivity contribution is 0.0945. The number of benzene rings is 3. The highest BCUT2D eigenvalue weighted by Crippen LogP contribution is 2.30. The van der Waals surface area contributed by atoms with Gasteiger partial charge in [0, 0.05) is 39.3 Å². The second kappa shape index (κ2) is 10.2. The number of halogens is 1. The van der Waals surface area contributed by atoms with Gasteiger partial charge < -0.3 is 15.0 Å². The van der Waals surface area contributed by atoms with Gasteiger partial charge in [-0.25, -0.2) is 9.37 Å². The molecule has 8 heteroatoms. The van der Waals surface area contributed by atoms with E-state index in [2.05, 4.69) is 20.1 Å². The van der Waals surface area contributed by atoms with E-state index < -0.39 is 0 Å². The predicted octanol–water partition coefficient (Wildman–Crippen LogP) is 4.78. The van der Waals surface area contributed by atoms with Crippen molar-refractivity contribution in [2.75, 3.05) is 44.2 Å². The van der Waals surface area contributed by atoms with Crippen LogP contribution in [0.1, 0.15) is 10.4 Å². The highest BCUT2D eigenvalue weighted by Gasteiger charge is 2.20. The van der Waals surface area contributed by atoms with Gasteiger partial charge >= 0.3 is 0 Å². The van der Waals surface area contributed by atoms with Crippen LogP contribution in [0.3, 0.4) is 0 Å². The van der Waals surface area contributed by atoms with Gasteiger partial charge in [0.15, 0.2) is 5.13 Å². The number of nitrogens with zero attached hydrogens (tertiary/aromatic N) is 3. The summed E-state index contributed by atoms with van der Waals surface area (Å²) < 4.78 is 20.2. The van der Waals surface area contributed by atoms with E-state index in [-0.39, 0.29) is 11.7 Å². The van der Waals surface area contributed by atoms with Gasteiger partial charge in [-0.3, -0.25) is 9.69 Å². The van der Waals surface area contributed by atoms with E-state index in [0.29, 0.717) is 23.6 Å². The zero-order valence-electron chi connectivity index (χ0n) is 18.6. The molecule has 34 heavy (non-hydrogen) atoms. The molecule has 0 unspecified atom stereocenters. The van der Waals surface area contributed by atoms with Crippen LogP contribution in [-0.4, -0.2) is 55.1 Å². The fraction of sp³-hybridized carbons (Fsp3) is 0.231. The second-order valence-corrected chi connectivity index (χ2v) is 9.11. The molecule has 5 rings (SSSR count). The first-order valence-electron chi connectivity index (χ1n) is 11.3. The van der Waals surface area contributed by atoms with Crippen LogP contribution in [0.2, 0.25) is 0 Å². The number of fused-ring (bicyclic) bond motifs is 1. The minimum atomic E-state index is -0.233. The number of para-hydroxylation sites is 2. The maximum atomic E-state index is 13.5. The summed E-state index contributed by atoms with van der Waals surface area (Å²) in [4.78, 5) is 22.0. The Bertz CT molecular complexity index is 1270. The molecule has 0 saturated carbocycles. The molecule has 4 aromatic rings. The number of ether oxygens (including phenoxy) is 1. The molecule has 1 amide bonds. The quantitative estimate of drug-likeness (QED) is 0.416. The Morgan fingerprint density at radius 2 is 1.76 bits per heavy atom. The molecule has 1 aromatic heterocycles. The molecule has 2 heterocycles. The van der Waals surface area contributed by atoms with Gasteiger partial charge in [-0.2, -0.15) is 0 Å². The summed E-state index contributed by atoms with van der Waals surface area (Å²) in [5, 5.41) is 3.95. The molecule has 1 saturated heterocycles. The Kier molecular flexibility index (Phi) is 6.69. The maximum Gasteiger partial charge on any atom is 0.255 e. The minimum absolute atomic E-state index is 0.146. The Labute approximate surface area is 201 Å². The summed E-state index contributed by atoms with van der Waals surface area (Å²) in [6.45, 7) is 4.79. The zero-order valence-corrected chi connectivity index (χ0v) is 19.4. The molecule has 0 bridgehead atoms. The summed E-state index contributed by atoms with van der Waals surface area (Å²) in [7, 11) is 0. The molecular formula is C26H25FN4O2S. The fourth-order valence-electron chi connectivity index (χ4n) is 3.97. The molecule has 174 valence electrons. The lowest BCUT2D eigenvalue weighted by Crippen LogP contribution is -2.48. The Morgan fingerprint density at radius 1 is 1.00 bits per heavy atom. The Hall–Kier alpha value is -3.49. The normalized spacial score (nSPS) is 14.3. The van der Waals surface area contributed by atoms with Crippen molar-refractivity contribution in [3.63, 3.8) is 0 Å². The number of nitrogens with one attached hydrogen (secondary N) is 1. The van der Waals surface area contributed by atoms with Crippen molar-refractivity contribution in [1.82, 2.24) is 15.2 Å². The van der Waals surface area contributed by atoms with Crippen molar-refractivity contribution in [1.29, 1.82) is 0 Å². The van der Waals surface area contributed by atoms with Gasteiger partial charge in [0.2, 0.25) is 0 Å². The van der Waals surface area contributed by atoms with E-state index in [1.807, 2.05) is 42.5 Å². The van der Waals surface area contributed by atoms with E-state index in [9.17, 15) is 9.18 Å². The van der Waals surface area contributed by atoms with Gasteiger partial charge in [-0.15, -0.1) is 0 Å². The van der Waals surface area contributed by atoms with Crippen molar-refractivity contribution in [2.45, 2.75) is 0 Å². The molecule has 6 nitrogen and oxygen atoms in total. The average Bonchev–Trinajstić information content (AvgIpc) is 3.28. The zero-order chi connectivity index (χ0) is 23.3. The molecule has 1 aliphatic rings. The number of carbonyl (C=O) groups is 1. The predicted molar refractivity (Wildman–Crippen MR) is 134 cm³/mol. The van der Waals surface area contributed by atoms with Crippen molar-refractivity contribution in [3.8, 4) is 11.5 Å². The smallest absolute Gasteiger partial charge is 0.255 e. The van der Waals surface area contributed by atoms with Crippen LogP contribution in [0.5, 0.6) is 11.5 Å².